The number of carboxylic acid groups (broad SMARTS) is 1. The fraction of sp³-hybridized carbons (Fsp3) is 0.889. The molecule has 0 aliphatic heterocycles. The van der Waals surface area contributed by atoms with Crippen LogP contribution in [0.2, 0.25) is 0 Å². The van der Waals surface area contributed by atoms with Gasteiger partial charge in [-0.25, -0.2) is 0 Å². The van der Waals surface area contributed by atoms with Crippen LogP contribution in [0.25, 0.3) is 0 Å². The summed E-state index contributed by atoms with van der Waals surface area (Å²) in [6, 6.07) is 0. The molecule has 3 heteroatoms. The lowest BCUT2D eigenvalue weighted by Gasteiger charge is -2.25. The first kappa shape index (κ1) is 11.4. The van der Waals surface area contributed by atoms with E-state index in [9.17, 15) is 4.79 Å². The topological polar surface area (TPSA) is 63.3 Å². The zero-order valence-corrected chi connectivity index (χ0v) is 8.13. The third-order valence-corrected chi connectivity index (χ3v) is 2.07. The minimum atomic E-state index is -0.816. The summed E-state index contributed by atoms with van der Waals surface area (Å²) in [4.78, 5) is 10.4. The summed E-state index contributed by atoms with van der Waals surface area (Å²) in [6.07, 6.45) is 1.87. The van der Waals surface area contributed by atoms with Crippen LogP contribution in [-0.2, 0) is 4.79 Å². The molecule has 0 aliphatic carbocycles. The summed E-state index contributed by atoms with van der Waals surface area (Å²) >= 11 is 0. The number of nitrogens with two attached hydrogens (primary N) is 1. The van der Waals surface area contributed by atoms with Gasteiger partial charge in [0.15, 0.2) is 0 Å². The van der Waals surface area contributed by atoms with Crippen LogP contribution in [-0.4, -0.2) is 16.6 Å². The molecule has 0 fully saturated rings. The average molecular weight is 173 g/mol. The van der Waals surface area contributed by atoms with E-state index in [4.69, 9.17) is 10.8 Å². The lowest BCUT2D eigenvalue weighted by molar-refractivity contribution is -0.138. The predicted octanol–water partition coefficient (Wildman–Crippen LogP) is 1.61. The third-order valence-electron chi connectivity index (χ3n) is 2.07. The highest BCUT2D eigenvalue weighted by Gasteiger charge is 2.23. The number of hydrogen-bond acceptors (Lipinski definition) is 2. The van der Waals surface area contributed by atoms with Crippen molar-refractivity contribution in [1.82, 2.24) is 0 Å². The molecule has 72 valence electrons. The summed E-state index contributed by atoms with van der Waals surface area (Å²) in [7, 11) is 0. The average Bonchev–Trinajstić information content (AvgIpc) is 1.83. The van der Waals surface area contributed by atoms with Crippen LogP contribution >= 0.6 is 0 Å². The quantitative estimate of drug-likeness (QED) is 0.664. The summed E-state index contributed by atoms with van der Waals surface area (Å²) < 4.78 is 0. The molecule has 0 rings (SSSR count). The molecule has 0 saturated heterocycles. The van der Waals surface area contributed by atoms with Gasteiger partial charge in [-0.05, 0) is 19.3 Å². The van der Waals surface area contributed by atoms with E-state index in [1.54, 1.807) is 6.92 Å². The second-order valence-corrected chi connectivity index (χ2v) is 3.94. The molecule has 12 heavy (non-hydrogen) atoms. The van der Waals surface area contributed by atoms with Crippen LogP contribution in [0.1, 0.15) is 40.0 Å². The van der Waals surface area contributed by atoms with Crippen LogP contribution in [0.3, 0.4) is 0 Å². The van der Waals surface area contributed by atoms with E-state index >= 15 is 0 Å². The van der Waals surface area contributed by atoms with Crippen LogP contribution in [0.15, 0.2) is 0 Å². The van der Waals surface area contributed by atoms with Crippen molar-refractivity contribution in [2.75, 3.05) is 0 Å². The van der Waals surface area contributed by atoms with Gasteiger partial charge in [0.25, 0.3) is 0 Å². The summed E-state index contributed by atoms with van der Waals surface area (Å²) in [5.41, 5.74) is 5.26. The Morgan fingerprint density at radius 2 is 2.17 bits per heavy atom. The van der Waals surface area contributed by atoms with Gasteiger partial charge in [0.1, 0.15) is 0 Å². The second kappa shape index (κ2) is 4.45. The summed E-state index contributed by atoms with van der Waals surface area (Å²) in [6.45, 7) is 5.97. The van der Waals surface area contributed by atoms with Crippen LogP contribution in [0, 0.1) is 5.92 Å². The fourth-order valence-corrected chi connectivity index (χ4v) is 1.36. The molecule has 0 aliphatic rings. The highest BCUT2D eigenvalue weighted by atomic mass is 16.4. The molecule has 0 saturated carbocycles. The zero-order chi connectivity index (χ0) is 9.78. The van der Waals surface area contributed by atoms with E-state index in [-0.39, 0.29) is 6.42 Å². The fourth-order valence-electron chi connectivity index (χ4n) is 1.36. The predicted molar refractivity (Wildman–Crippen MR) is 48.9 cm³/mol. The SMILES string of the molecule is CC[C@H](C)C[C@@](C)(N)CC(=O)O. The third kappa shape index (κ3) is 5.13. The van der Waals surface area contributed by atoms with E-state index < -0.39 is 11.5 Å². The first-order valence-corrected chi connectivity index (χ1v) is 4.38. The van der Waals surface area contributed by atoms with E-state index in [1.165, 1.54) is 0 Å². The first-order chi connectivity index (χ1) is 5.37. The van der Waals surface area contributed by atoms with Crippen molar-refractivity contribution in [2.24, 2.45) is 11.7 Å². The van der Waals surface area contributed by atoms with Crippen molar-refractivity contribution < 1.29 is 9.90 Å². The summed E-state index contributed by atoms with van der Waals surface area (Å²) in [5.74, 6) is -0.317. The van der Waals surface area contributed by atoms with Crippen molar-refractivity contribution in [3.63, 3.8) is 0 Å². The number of aliphatic carboxylic acids is 1. The van der Waals surface area contributed by atoms with Gasteiger partial charge in [-0.15, -0.1) is 0 Å². The molecule has 3 nitrogen and oxygen atoms in total. The van der Waals surface area contributed by atoms with Crippen molar-refractivity contribution in [3.8, 4) is 0 Å². The molecular formula is C9H19NO2. The van der Waals surface area contributed by atoms with E-state index in [0.717, 1.165) is 12.8 Å². The largest absolute Gasteiger partial charge is 0.481 e. The molecule has 0 radical (unpaired) electrons. The molecule has 0 aromatic heterocycles. The Labute approximate surface area is 74.0 Å². The lowest BCUT2D eigenvalue weighted by Crippen LogP contribution is -2.40. The molecule has 0 aromatic rings. The monoisotopic (exact) mass is 173 g/mol. The van der Waals surface area contributed by atoms with E-state index in [2.05, 4.69) is 13.8 Å². The van der Waals surface area contributed by atoms with Crippen molar-refractivity contribution >= 4 is 5.97 Å². The van der Waals surface area contributed by atoms with Crippen molar-refractivity contribution in [2.45, 2.75) is 45.6 Å². The minimum absolute atomic E-state index is 0.0529. The molecule has 2 atom stereocenters. The Morgan fingerprint density at radius 1 is 1.67 bits per heavy atom. The second-order valence-electron chi connectivity index (χ2n) is 3.94. The van der Waals surface area contributed by atoms with Crippen LogP contribution in [0.4, 0.5) is 0 Å². The molecule has 0 amide bonds. The molecular weight excluding hydrogens is 154 g/mol. The van der Waals surface area contributed by atoms with E-state index in [0.29, 0.717) is 5.92 Å². The van der Waals surface area contributed by atoms with Gasteiger partial charge in [0.05, 0.1) is 6.42 Å². The van der Waals surface area contributed by atoms with Crippen molar-refractivity contribution in [3.05, 3.63) is 0 Å². The van der Waals surface area contributed by atoms with E-state index in [1.807, 2.05) is 0 Å². The Balaban J connectivity index is 3.94. The number of carbonyl (C=O) groups is 1. The maximum Gasteiger partial charge on any atom is 0.305 e. The normalized spacial score (nSPS) is 18.3. The van der Waals surface area contributed by atoms with Gasteiger partial charge in [0.2, 0.25) is 0 Å². The van der Waals surface area contributed by atoms with Gasteiger partial charge in [-0.3, -0.25) is 4.79 Å². The van der Waals surface area contributed by atoms with Gasteiger partial charge in [-0.1, -0.05) is 20.3 Å². The van der Waals surface area contributed by atoms with Gasteiger partial charge in [-0.2, -0.15) is 0 Å². The van der Waals surface area contributed by atoms with Crippen molar-refractivity contribution in [1.29, 1.82) is 0 Å². The first-order valence-electron chi connectivity index (χ1n) is 4.38. The van der Waals surface area contributed by atoms with Gasteiger partial charge < -0.3 is 10.8 Å². The molecule has 0 bridgehead atoms. The standard InChI is InChI=1S/C9H19NO2/c1-4-7(2)5-9(3,10)6-8(11)12/h7H,4-6,10H2,1-3H3,(H,11,12)/t7-,9+/m0/s1. The van der Waals surface area contributed by atoms with Gasteiger partial charge in [0, 0.05) is 5.54 Å². The minimum Gasteiger partial charge on any atom is -0.481 e. The Hall–Kier alpha value is -0.570. The van der Waals surface area contributed by atoms with Gasteiger partial charge >= 0.3 is 5.97 Å². The number of hydrogen-bond donors (Lipinski definition) is 2. The Bertz CT molecular complexity index is 155. The maximum absolute atomic E-state index is 10.4. The molecule has 0 spiro atoms. The smallest absolute Gasteiger partial charge is 0.305 e. The molecule has 0 heterocycles. The highest BCUT2D eigenvalue weighted by molar-refractivity contribution is 5.68. The summed E-state index contributed by atoms with van der Waals surface area (Å²) in [5, 5.41) is 8.55. The maximum atomic E-state index is 10.4. The molecule has 0 unspecified atom stereocenters. The number of carboxylic acids is 1. The zero-order valence-electron chi connectivity index (χ0n) is 8.13. The molecule has 0 aromatic carbocycles. The van der Waals surface area contributed by atoms with Crippen LogP contribution in [0.5, 0.6) is 0 Å². The van der Waals surface area contributed by atoms with Crippen LogP contribution < -0.4 is 5.73 Å². The Morgan fingerprint density at radius 3 is 2.50 bits per heavy atom. The molecule has 3 N–H and O–H groups in total. The highest BCUT2D eigenvalue weighted by Crippen LogP contribution is 2.19. The number of rotatable bonds is 5. The lowest BCUT2D eigenvalue weighted by atomic mass is 9.87. The Kier molecular flexibility index (Phi) is 4.24.